The highest BCUT2D eigenvalue weighted by molar-refractivity contribution is 7.16. The smallest absolute Gasteiger partial charge is 0.286 e. The number of amides is 1. The van der Waals surface area contributed by atoms with Crippen molar-refractivity contribution in [3.63, 3.8) is 0 Å². The Bertz CT molecular complexity index is 1060. The van der Waals surface area contributed by atoms with Crippen LogP contribution in [0.4, 0.5) is 5.69 Å². The molecule has 0 N–H and O–H groups in total. The van der Waals surface area contributed by atoms with Crippen LogP contribution in [-0.2, 0) is 11.3 Å². The SMILES string of the molecule is COCCn1c(=NC(=O)c2ccccc2[N+](=O)[O-])sc2cccc(Cl)c21. The van der Waals surface area contributed by atoms with Crippen LogP contribution in [0.3, 0.4) is 0 Å². The van der Waals surface area contributed by atoms with E-state index in [9.17, 15) is 14.9 Å². The van der Waals surface area contributed by atoms with Crippen molar-refractivity contribution < 1.29 is 14.5 Å². The Morgan fingerprint density at radius 3 is 2.81 bits per heavy atom. The number of hydrogen-bond acceptors (Lipinski definition) is 5. The topological polar surface area (TPSA) is 86.7 Å². The predicted octanol–water partition coefficient (Wildman–Crippen LogP) is 3.65. The summed E-state index contributed by atoms with van der Waals surface area (Å²) in [6.45, 7) is 0.854. The average Bonchev–Trinajstić information content (AvgIpc) is 2.98. The third-order valence-corrected chi connectivity index (χ3v) is 5.05. The van der Waals surface area contributed by atoms with Gasteiger partial charge in [0.1, 0.15) is 5.56 Å². The van der Waals surface area contributed by atoms with Crippen molar-refractivity contribution in [1.29, 1.82) is 0 Å². The van der Waals surface area contributed by atoms with E-state index in [-0.39, 0.29) is 11.3 Å². The Kier molecular flexibility index (Phi) is 5.46. The number of aromatic nitrogens is 1. The Labute approximate surface area is 157 Å². The van der Waals surface area contributed by atoms with E-state index in [1.807, 2.05) is 12.1 Å². The molecule has 3 rings (SSSR count). The summed E-state index contributed by atoms with van der Waals surface area (Å²) < 4.78 is 7.78. The van der Waals surface area contributed by atoms with Gasteiger partial charge in [0, 0.05) is 19.7 Å². The van der Waals surface area contributed by atoms with Crippen LogP contribution in [-0.4, -0.2) is 29.1 Å². The Morgan fingerprint density at radius 1 is 1.31 bits per heavy atom. The summed E-state index contributed by atoms with van der Waals surface area (Å²) in [5.74, 6) is -0.675. The second-order valence-electron chi connectivity index (χ2n) is 5.31. The first kappa shape index (κ1) is 18.2. The second kappa shape index (κ2) is 7.77. The van der Waals surface area contributed by atoms with E-state index in [1.54, 1.807) is 23.8 Å². The minimum Gasteiger partial charge on any atom is -0.383 e. The minimum absolute atomic E-state index is 0.0562. The number of methoxy groups -OCH3 is 1. The van der Waals surface area contributed by atoms with Gasteiger partial charge in [0.05, 0.1) is 26.8 Å². The lowest BCUT2D eigenvalue weighted by Crippen LogP contribution is -2.19. The fourth-order valence-corrected chi connectivity index (χ4v) is 3.94. The molecule has 3 aromatic rings. The normalized spacial score (nSPS) is 11.8. The fraction of sp³-hybridized carbons (Fsp3) is 0.176. The molecule has 0 radical (unpaired) electrons. The Morgan fingerprint density at radius 2 is 2.08 bits per heavy atom. The molecule has 0 saturated carbocycles. The molecular formula is C17H14ClN3O4S. The first-order valence-electron chi connectivity index (χ1n) is 7.62. The van der Waals surface area contributed by atoms with Gasteiger partial charge in [0.2, 0.25) is 0 Å². The monoisotopic (exact) mass is 391 g/mol. The summed E-state index contributed by atoms with van der Waals surface area (Å²) in [5.41, 5.74) is 0.425. The van der Waals surface area contributed by atoms with Crippen molar-refractivity contribution in [2.45, 2.75) is 6.54 Å². The molecule has 0 aliphatic carbocycles. The summed E-state index contributed by atoms with van der Waals surface area (Å²) in [6.07, 6.45) is 0. The molecule has 0 unspecified atom stereocenters. The first-order valence-corrected chi connectivity index (χ1v) is 8.81. The van der Waals surface area contributed by atoms with Crippen LogP contribution >= 0.6 is 22.9 Å². The molecule has 0 spiro atoms. The van der Waals surface area contributed by atoms with Crippen molar-refractivity contribution in [3.05, 3.63) is 68.0 Å². The molecule has 9 heteroatoms. The van der Waals surface area contributed by atoms with Crippen molar-refractivity contribution in [2.75, 3.05) is 13.7 Å². The minimum atomic E-state index is -0.675. The zero-order valence-electron chi connectivity index (χ0n) is 13.7. The molecule has 1 aromatic heterocycles. The van der Waals surface area contributed by atoms with Crippen molar-refractivity contribution in [1.82, 2.24) is 4.57 Å². The van der Waals surface area contributed by atoms with Crippen molar-refractivity contribution in [2.24, 2.45) is 4.99 Å². The maximum Gasteiger partial charge on any atom is 0.286 e. The molecule has 0 saturated heterocycles. The Balaban J connectivity index is 2.17. The Hall–Kier alpha value is -2.55. The number of nitro groups is 1. The lowest BCUT2D eigenvalue weighted by atomic mass is 10.2. The van der Waals surface area contributed by atoms with Crippen molar-refractivity contribution >= 4 is 44.7 Å². The molecule has 0 aliphatic heterocycles. The number of halogens is 1. The average molecular weight is 392 g/mol. The molecule has 26 heavy (non-hydrogen) atoms. The molecule has 134 valence electrons. The molecular weight excluding hydrogens is 378 g/mol. The van der Waals surface area contributed by atoms with Gasteiger partial charge in [0.15, 0.2) is 4.80 Å². The maximum atomic E-state index is 12.6. The lowest BCUT2D eigenvalue weighted by molar-refractivity contribution is -0.385. The number of carbonyl (C=O) groups is 1. The van der Waals surface area contributed by atoms with E-state index >= 15 is 0 Å². The van der Waals surface area contributed by atoms with E-state index in [0.717, 1.165) is 10.2 Å². The predicted molar refractivity (Wildman–Crippen MR) is 99.7 cm³/mol. The van der Waals surface area contributed by atoms with Crippen LogP contribution in [0.1, 0.15) is 10.4 Å². The number of nitro benzene ring substituents is 1. The molecule has 0 fully saturated rings. The van der Waals surface area contributed by atoms with Crippen LogP contribution in [0.2, 0.25) is 5.02 Å². The zero-order chi connectivity index (χ0) is 18.7. The van der Waals surface area contributed by atoms with Gasteiger partial charge in [-0.05, 0) is 18.2 Å². The zero-order valence-corrected chi connectivity index (χ0v) is 15.3. The number of thiazole rings is 1. The van der Waals surface area contributed by atoms with Gasteiger partial charge in [-0.25, -0.2) is 0 Å². The van der Waals surface area contributed by atoms with Gasteiger partial charge in [0.25, 0.3) is 11.6 Å². The van der Waals surface area contributed by atoms with Gasteiger partial charge in [-0.3, -0.25) is 14.9 Å². The summed E-state index contributed by atoms with van der Waals surface area (Å²) in [6, 6.07) is 11.2. The number of rotatable bonds is 5. The van der Waals surface area contributed by atoms with Gasteiger partial charge >= 0.3 is 0 Å². The van der Waals surface area contributed by atoms with Crippen LogP contribution < -0.4 is 4.80 Å². The molecule has 7 nitrogen and oxygen atoms in total. The molecule has 0 bridgehead atoms. The highest BCUT2D eigenvalue weighted by Crippen LogP contribution is 2.25. The van der Waals surface area contributed by atoms with Crippen LogP contribution in [0, 0.1) is 10.1 Å². The van der Waals surface area contributed by atoms with Gasteiger partial charge in [-0.1, -0.05) is 41.1 Å². The number of ether oxygens (including phenoxy) is 1. The number of benzene rings is 2. The molecule has 2 aromatic carbocycles. The molecule has 1 amide bonds. The number of hydrogen-bond donors (Lipinski definition) is 0. The van der Waals surface area contributed by atoms with E-state index in [2.05, 4.69) is 4.99 Å². The van der Waals surface area contributed by atoms with E-state index < -0.39 is 10.8 Å². The highest BCUT2D eigenvalue weighted by atomic mass is 35.5. The van der Waals surface area contributed by atoms with Gasteiger partial charge < -0.3 is 9.30 Å². The standard InChI is InChI=1S/C17H14ClN3O4S/c1-25-10-9-20-15-12(18)6-4-8-14(15)26-17(20)19-16(22)11-5-2-3-7-13(11)21(23)24/h2-8H,9-10H2,1H3. The lowest BCUT2D eigenvalue weighted by Gasteiger charge is -2.05. The van der Waals surface area contributed by atoms with Gasteiger partial charge in [-0.2, -0.15) is 4.99 Å². The van der Waals surface area contributed by atoms with Crippen LogP contribution in [0.15, 0.2) is 47.5 Å². The second-order valence-corrected chi connectivity index (χ2v) is 6.72. The molecule has 1 heterocycles. The summed E-state index contributed by atoms with van der Waals surface area (Å²) in [7, 11) is 1.58. The first-order chi connectivity index (χ1) is 12.5. The van der Waals surface area contributed by atoms with E-state index in [1.165, 1.54) is 29.5 Å². The number of nitrogens with zero attached hydrogens (tertiary/aromatic N) is 3. The fourth-order valence-electron chi connectivity index (χ4n) is 2.52. The summed E-state index contributed by atoms with van der Waals surface area (Å²) >= 11 is 7.60. The largest absolute Gasteiger partial charge is 0.383 e. The maximum absolute atomic E-state index is 12.6. The third-order valence-electron chi connectivity index (χ3n) is 3.70. The number of carbonyl (C=O) groups excluding carboxylic acids is 1. The quantitative estimate of drug-likeness (QED) is 0.490. The van der Waals surface area contributed by atoms with E-state index in [0.29, 0.717) is 23.0 Å². The van der Waals surface area contributed by atoms with Crippen molar-refractivity contribution in [3.8, 4) is 0 Å². The van der Waals surface area contributed by atoms with Crippen LogP contribution in [0.25, 0.3) is 10.2 Å². The third kappa shape index (κ3) is 3.52. The summed E-state index contributed by atoms with van der Waals surface area (Å²) in [4.78, 5) is 27.7. The van der Waals surface area contributed by atoms with Gasteiger partial charge in [-0.15, -0.1) is 0 Å². The number of fused-ring (bicyclic) bond motifs is 1. The highest BCUT2D eigenvalue weighted by Gasteiger charge is 2.19. The molecule has 0 aliphatic rings. The van der Waals surface area contributed by atoms with E-state index in [4.69, 9.17) is 16.3 Å². The molecule has 0 atom stereocenters. The summed E-state index contributed by atoms with van der Waals surface area (Å²) in [5, 5.41) is 11.7. The van der Waals surface area contributed by atoms with Crippen LogP contribution in [0.5, 0.6) is 0 Å². The number of para-hydroxylation sites is 2.